The van der Waals surface area contributed by atoms with Gasteiger partial charge < -0.3 is 10.6 Å². The molecular weight excluding hydrogens is 250 g/mol. The van der Waals surface area contributed by atoms with E-state index in [1.165, 1.54) is 10.9 Å². The lowest BCUT2D eigenvalue weighted by Crippen LogP contribution is -2.45. The summed E-state index contributed by atoms with van der Waals surface area (Å²) in [5.41, 5.74) is 3.33. The number of nitrogens with one attached hydrogen (secondary N) is 2. The fraction of sp³-hybridized carbons (Fsp3) is 0.375. The highest BCUT2D eigenvalue weighted by Crippen LogP contribution is 2.15. The smallest absolute Gasteiger partial charge is 0.220 e. The van der Waals surface area contributed by atoms with Crippen LogP contribution < -0.4 is 10.6 Å². The molecule has 1 aliphatic rings. The van der Waals surface area contributed by atoms with Crippen LogP contribution in [0.2, 0.25) is 0 Å². The largest absolute Gasteiger partial charge is 0.355 e. The number of pyridine rings is 1. The summed E-state index contributed by atoms with van der Waals surface area (Å²) in [6, 6.07) is 10.9. The van der Waals surface area contributed by atoms with Crippen LogP contribution in [0.4, 0.5) is 0 Å². The number of amides is 1. The van der Waals surface area contributed by atoms with Gasteiger partial charge in [-0.3, -0.25) is 9.78 Å². The standard InChI is InChI=1S/C16H19N3O/c1-11-2-4-13-8-12(3-6-15(13)19-11)9-17-14-5-7-16(20)18-10-14/h2-4,6,8,14,17H,5,7,9-10H2,1H3,(H,18,20). The summed E-state index contributed by atoms with van der Waals surface area (Å²) >= 11 is 0. The van der Waals surface area contributed by atoms with Gasteiger partial charge in [0.2, 0.25) is 5.91 Å². The number of rotatable bonds is 3. The molecule has 4 nitrogen and oxygen atoms in total. The molecule has 104 valence electrons. The maximum Gasteiger partial charge on any atom is 0.220 e. The van der Waals surface area contributed by atoms with E-state index in [-0.39, 0.29) is 5.91 Å². The van der Waals surface area contributed by atoms with E-state index in [2.05, 4.69) is 39.9 Å². The van der Waals surface area contributed by atoms with Gasteiger partial charge in [-0.2, -0.15) is 0 Å². The SMILES string of the molecule is Cc1ccc2cc(CNC3CCC(=O)NC3)ccc2n1. The van der Waals surface area contributed by atoms with Crippen LogP contribution in [0.3, 0.4) is 0 Å². The van der Waals surface area contributed by atoms with Crippen molar-refractivity contribution >= 4 is 16.8 Å². The molecule has 1 amide bonds. The summed E-state index contributed by atoms with van der Waals surface area (Å²) in [6.07, 6.45) is 1.54. The van der Waals surface area contributed by atoms with Crippen LogP contribution in [0, 0.1) is 6.92 Å². The third-order valence-corrected chi connectivity index (χ3v) is 3.75. The predicted octanol–water partition coefficient (Wildman–Crippen LogP) is 1.91. The molecule has 0 spiro atoms. The van der Waals surface area contributed by atoms with Crippen molar-refractivity contribution in [1.29, 1.82) is 0 Å². The van der Waals surface area contributed by atoms with Crippen molar-refractivity contribution in [1.82, 2.24) is 15.6 Å². The lowest BCUT2D eigenvalue weighted by atomic mass is 10.1. The Hall–Kier alpha value is -1.94. The number of carbonyl (C=O) groups is 1. The Morgan fingerprint density at radius 3 is 3.05 bits per heavy atom. The molecule has 1 atom stereocenters. The molecule has 2 aromatic rings. The normalized spacial score (nSPS) is 19.1. The van der Waals surface area contributed by atoms with Crippen LogP contribution in [0.15, 0.2) is 30.3 Å². The second-order valence-electron chi connectivity index (χ2n) is 5.40. The zero-order valence-electron chi connectivity index (χ0n) is 11.6. The summed E-state index contributed by atoms with van der Waals surface area (Å²) in [6.45, 7) is 3.56. The van der Waals surface area contributed by atoms with Crippen molar-refractivity contribution in [2.45, 2.75) is 32.4 Å². The van der Waals surface area contributed by atoms with E-state index in [4.69, 9.17) is 0 Å². The van der Waals surface area contributed by atoms with Crippen molar-refractivity contribution in [3.05, 3.63) is 41.6 Å². The zero-order valence-corrected chi connectivity index (χ0v) is 11.6. The van der Waals surface area contributed by atoms with Gasteiger partial charge in [-0.25, -0.2) is 0 Å². The number of hydrogen-bond donors (Lipinski definition) is 2. The highest BCUT2D eigenvalue weighted by molar-refractivity contribution is 5.79. The molecule has 1 aromatic heterocycles. The fourth-order valence-electron chi connectivity index (χ4n) is 2.56. The lowest BCUT2D eigenvalue weighted by molar-refractivity contribution is -0.122. The minimum atomic E-state index is 0.162. The monoisotopic (exact) mass is 269 g/mol. The average Bonchev–Trinajstić information content (AvgIpc) is 2.46. The van der Waals surface area contributed by atoms with Crippen molar-refractivity contribution in [3.63, 3.8) is 0 Å². The van der Waals surface area contributed by atoms with E-state index in [0.29, 0.717) is 12.5 Å². The van der Waals surface area contributed by atoms with Crippen molar-refractivity contribution < 1.29 is 4.79 Å². The predicted molar refractivity (Wildman–Crippen MR) is 79.4 cm³/mol. The highest BCUT2D eigenvalue weighted by atomic mass is 16.1. The van der Waals surface area contributed by atoms with E-state index in [1.54, 1.807) is 0 Å². The van der Waals surface area contributed by atoms with Gasteiger partial charge >= 0.3 is 0 Å². The quantitative estimate of drug-likeness (QED) is 0.895. The summed E-state index contributed by atoms with van der Waals surface area (Å²) in [7, 11) is 0. The van der Waals surface area contributed by atoms with Crippen LogP contribution in [0.5, 0.6) is 0 Å². The minimum Gasteiger partial charge on any atom is -0.355 e. The number of benzene rings is 1. The van der Waals surface area contributed by atoms with Crippen LogP contribution >= 0.6 is 0 Å². The number of fused-ring (bicyclic) bond motifs is 1. The molecule has 1 saturated heterocycles. The lowest BCUT2D eigenvalue weighted by Gasteiger charge is -2.23. The number of aryl methyl sites for hydroxylation is 1. The Labute approximate surface area is 118 Å². The molecular formula is C16H19N3O. The van der Waals surface area contributed by atoms with Crippen LogP contribution in [-0.2, 0) is 11.3 Å². The Balaban J connectivity index is 1.65. The van der Waals surface area contributed by atoms with Crippen molar-refractivity contribution in [2.24, 2.45) is 0 Å². The second-order valence-corrected chi connectivity index (χ2v) is 5.40. The zero-order chi connectivity index (χ0) is 13.9. The third kappa shape index (κ3) is 2.96. The molecule has 1 aromatic carbocycles. The van der Waals surface area contributed by atoms with E-state index in [0.717, 1.165) is 30.7 Å². The molecule has 20 heavy (non-hydrogen) atoms. The first kappa shape index (κ1) is 13.1. The summed E-state index contributed by atoms with van der Waals surface area (Å²) < 4.78 is 0. The van der Waals surface area contributed by atoms with Gasteiger partial charge in [0.25, 0.3) is 0 Å². The van der Waals surface area contributed by atoms with E-state index < -0.39 is 0 Å². The fourth-order valence-corrected chi connectivity index (χ4v) is 2.56. The summed E-state index contributed by atoms with van der Waals surface area (Å²) in [5, 5.41) is 7.57. The highest BCUT2D eigenvalue weighted by Gasteiger charge is 2.16. The molecule has 0 aliphatic carbocycles. The molecule has 3 rings (SSSR count). The first-order valence-corrected chi connectivity index (χ1v) is 7.07. The van der Waals surface area contributed by atoms with Crippen LogP contribution in [-0.4, -0.2) is 23.5 Å². The van der Waals surface area contributed by atoms with Gasteiger partial charge in [0.1, 0.15) is 0 Å². The number of piperidine rings is 1. The first-order valence-electron chi connectivity index (χ1n) is 7.07. The Morgan fingerprint density at radius 2 is 2.25 bits per heavy atom. The molecule has 0 saturated carbocycles. The molecule has 1 unspecified atom stereocenters. The third-order valence-electron chi connectivity index (χ3n) is 3.75. The second kappa shape index (κ2) is 5.59. The van der Waals surface area contributed by atoms with Crippen LogP contribution in [0.1, 0.15) is 24.1 Å². The number of hydrogen-bond acceptors (Lipinski definition) is 3. The average molecular weight is 269 g/mol. The van der Waals surface area contributed by atoms with E-state index in [9.17, 15) is 4.79 Å². The topological polar surface area (TPSA) is 54.0 Å². The Kier molecular flexibility index (Phi) is 3.65. The maximum atomic E-state index is 11.1. The maximum absolute atomic E-state index is 11.1. The molecule has 1 aliphatic heterocycles. The summed E-state index contributed by atoms with van der Waals surface area (Å²) in [5.74, 6) is 0.162. The van der Waals surface area contributed by atoms with E-state index >= 15 is 0 Å². The molecule has 2 heterocycles. The number of aromatic nitrogens is 1. The molecule has 0 bridgehead atoms. The molecule has 1 fully saturated rings. The van der Waals surface area contributed by atoms with Gasteiger partial charge in [0, 0.05) is 36.6 Å². The molecule has 4 heteroatoms. The number of nitrogens with zero attached hydrogens (tertiary/aromatic N) is 1. The van der Waals surface area contributed by atoms with Crippen LogP contribution in [0.25, 0.3) is 10.9 Å². The van der Waals surface area contributed by atoms with Gasteiger partial charge in [0.15, 0.2) is 0 Å². The number of carbonyl (C=O) groups excluding carboxylic acids is 1. The van der Waals surface area contributed by atoms with E-state index in [1.807, 2.05) is 13.0 Å². The summed E-state index contributed by atoms with van der Waals surface area (Å²) in [4.78, 5) is 15.6. The molecule has 0 radical (unpaired) electrons. The molecule has 2 N–H and O–H groups in total. The van der Waals surface area contributed by atoms with Crippen molar-refractivity contribution in [3.8, 4) is 0 Å². The van der Waals surface area contributed by atoms with Gasteiger partial charge in [-0.05, 0) is 37.1 Å². The van der Waals surface area contributed by atoms with Crippen molar-refractivity contribution in [2.75, 3.05) is 6.54 Å². The Bertz CT molecular complexity index is 629. The van der Waals surface area contributed by atoms with Gasteiger partial charge in [-0.1, -0.05) is 12.1 Å². The Morgan fingerprint density at radius 1 is 1.35 bits per heavy atom. The minimum absolute atomic E-state index is 0.162. The van der Waals surface area contributed by atoms with Gasteiger partial charge in [0.05, 0.1) is 5.52 Å². The first-order chi connectivity index (χ1) is 9.70. The van der Waals surface area contributed by atoms with Gasteiger partial charge in [-0.15, -0.1) is 0 Å².